The van der Waals surface area contributed by atoms with Crippen LogP contribution in [0.4, 0.5) is 0 Å². The van der Waals surface area contributed by atoms with Crippen LogP contribution in [0.1, 0.15) is 37.2 Å². The average Bonchev–Trinajstić information content (AvgIpc) is 2.91. The van der Waals surface area contributed by atoms with Crippen LogP contribution in [0.2, 0.25) is 0 Å². The van der Waals surface area contributed by atoms with Crippen LogP contribution < -0.4 is 5.73 Å². The minimum absolute atomic E-state index is 0.147. The van der Waals surface area contributed by atoms with Gasteiger partial charge >= 0.3 is 0 Å². The maximum Gasteiger partial charge on any atom is 0.131 e. The molecule has 1 unspecified atom stereocenters. The van der Waals surface area contributed by atoms with Crippen molar-refractivity contribution in [2.45, 2.75) is 38.1 Å². The monoisotopic (exact) mass is 255 g/mol. The molecule has 1 aromatic rings. The lowest BCUT2D eigenvalue weighted by Crippen LogP contribution is -2.19. The Bertz CT molecular complexity index is 334. The summed E-state index contributed by atoms with van der Waals surface area (Å²) in [6.45, 7) is 1.99. The van der Waals surface area contributed by atoms with Gasteiger partial charge in [0.25, 0.3) is 0 Å². The minimum atomic E-state index is 0.147. The Morgan fingerprint density at radius 2 is 2.36 bits per heavy atom. The summed E-state index contributed by atoms with van der Waals surface area (Å²) < 4.78 is 0.971. The third kappa shape index (κ3) is 2.30. The van der Waals surface area contributed by atoms with Gasteiger partial charge in [0, 0.05) is 24.6 Å². The van der Waals surface area contributed by atoms with Crippen LogP contribution in [0, 0.1) is 0 Å². The van der Waals surface area contributed by atoms with E-state index in [2.05, 4.69) is 25.9 Å². The lowest BCUT2D eigenvalue weighted by Gasteiger charge is -2.07. The third-order valence-corrected chi connectivity index (χ3v) is 2.96. The molecule has 1 fully saturated rings. The van der Waals surface area contributed by atoms with Crippen LogP contribution in [-0.4, -0.2) is 16.0 Å². The van der Waals surface area contributed by atoms with Crippen molar-refractivity contribution in [3.8, 4) is 0 Å². The summed E-state index contributed by atoms with van der Waals surface area (Å²) in [6.07, 6.45) is 5.12. The summed E-state index contributed by atoms with van der Waals surface area (Å²) in [6, 6.07) is 0.147. The van der Waals surface area contributed by atoms with Gasteiger partial charge in [0.2, 0.25) is 0 Å². The van der Waals surface area contributed by atoms with Crippen LogP contribution >= 0.6 is 15.9 Å². The van der Waals surface area contributed by atoms with E-state index in [1.165, 1.54) is 12.8 Å². The highest BCUT2D eigenvalue weighted by Crippen LogP contribution is 2.38. The molecular formula is C10H14BrN3. The smallest absolute Gasteiger partial charge is 0.131 e. The Morgan fingerprint density at radius 1 is 1.64 bits per heavy atom. The maximum atomic E-state index is 5.75. The van der Waals surface area contributed by atoms with Crippen LogP contribution in [0.5, 0.6) is 0 Å². The molecule has 4 heteroatoms. The van der Waals surface area contributed by atoms with Gasteiger partial charge < -0.3 is 5.73 Å². The Morgan fingerprint density at radius 3 is 2.93 bits per heavy atom. The van der Waals surface area contributed by atoms with Crippen molar-refractivity contribution in [1.82, 2.24) is 9.97 Å². The zero-order valence-electron chi connectivity index (χ0n) is 8.20. The fourth-order valence-corrected chi connectivity index (χ4v) is 1.76. The molecule has 0 aromatic carbocycles. The lowest BCUT2D eigenvalue weighted by molar-refractivity contribution is 0.708. The molecule has 0 bridgehead atoms. The lowest BCUT2D eigenvalue weighted by atomic mass is 10.2. The van der Waals surface area contributed by atoms with Crippen LogP contribution in [0.3, 0.4) is 0 Å². The molecule has 1 aromatic heterocycles. The molecular weight excluding hydrogens is 242 g/mol. The normalized spacial score (nSPS) is 18.2. The predicted molar refractivity (Wildman–Crippen MR) is 59.1 cm³/mol. The number of rotatable bonds is 3. The predicted octanol–water partition coefficient (Wildman–Crippen LogP) is 2.01. The van der Waals surface area contributed by atoms with E-state index in [9.17, 15) is 0 Å². The van der Waals surface area contributed by atoms with Crippen molar-refractivity contribution < 1.29 is 0 Å². The summed E-state index contributed by atoms with van der Waals surface area (Å²) in [4.78, 5) is 8.85. The molecule has 14 heavy (non-hydrogen) atoms. The summed E-state index contributed by atoms with van der Waals surface area (Å²) >= 11 is 3.45. The molecule has 2 rings (SSSR count). The second-order valence-corrected chi connectivity index (χ2v) is 4.83. The number of nitrogens with two attached hydrogens (primary N) is 1. The average molecular weight is 256 g/mol. The van der Waals surface area contributed by atoms with E-state index in [-0.39, 0.29) is 6.04 Å². The first-order valence-corrected chi connectivity index (χ1v) is 5.73. The molecule has 0 spiro atoms. The second-order valence-electron chi connectivity index (χ2n) is 3.98. The summed E-state index contributed by atoms with van der Waals surface area (Å²) in [5.41, 5.74) is 6.79. The Hall–Kier alpha value is -0.480. The third-order valence-electron chi connectivity index (χ3n) is 2.29. The van der Waals surface area contributed by atoms with Gasteiger partial charge in [-0.25, -0.2) is 9.97 Å². The van der Waals surface area contributed by atoms with Gasteiger partial charge in [-0.15, -0.1) is 0 Å². The Balaban J connectivity index is 2.22. The van der Waals surface area contributed by atoms with Gasteiger partial charge in [-0.05, 0) is 35.7 Å². The van der Waals surface area contributed by atoms with Crippen molar-refractivity contribution in [1.29, 1.82) is 0 Å². The molecule has 76 valence electrons. The number of hydrogen-bond acceptors (Lipinski definition) is 3. The van der Waals surface area contributed by atoms with Crippen LogP contribution in [0.25, 0.3) is 0 Å². The fourth-order valence-electron chi connectivity index (χ4n) is 1.40. The molecule has 1 aliphatic carbocycles. The molecule has 1 atom stereocenters. The standard InChI is InChI=1S/C10H14BrN3/c1-6(12)4-9-8(11)5-13-10(14-9)7-2-3-7/h5-7H,2-4,12H2,1H3. The SMILES string of the molecule is CC(N)Cc1nc(C2CC2)ncc1Br. The van der Waals surface area contributed by atoms with E-state index in [0.717, 1.165) is 22.4 Å². The number of aromatic nitrogens is 2. The van der Waals surface area contributed by atoms with Crippen molar-refractivity contribution in [3.05, 3.63) is 22.2 Å². The zero-order valence-corrected chi connectivity index (χ0v) is 9.79. The van der Waals surface area contributed by atoms with Crippen LogP contribution in [-0.2, 0) is 6.42 Å². The maximum absolute atomic E-state index is 5.75. The van der Waals surface area contributed by atoms with Crippen LogP contribution in [0.15, 0.2) is 10.7 Å². The zero-order chi connectivity index (χ0) is 10.1. The second kappa shape index (κ2) is 3.95. The fraction of sp³-hybridized carbons (Fsp3) is 0.600. The molecule has 1 heterocycles. The molecule has 3 nitrogen and oxygen atoms in total. The van der Waals surface area contributed by atoms with Gasteiger partial charge in [-0.1, -0.05) is 0 Å². The first-order chi connectivity index (χ1) is 6.66. The largest absolute Gasteiger partial charge is 0.328 e. The van der Waals surface area contributed by atoms with E-state index < -0.39 is 0 Å². The Kier molecular flexibility index (Phi) is 2.83. The molecule has 1 aliphatic rings. The highest BCUT2D eigenvalue weighted by atomic mass is 79.9. The topological polar surface area (TPSA) is 51.8 Å². The van der Waals surface area contributed by atoms with Crippen molar-refractivity contribution in [2.24, 2.45) is 5.73 Å². The number of hydrogen-bond donors (Lipinski definition) is 1. The molecule has 0 radical (unpaired) electrons. The van der Waals surface area contributed by atoms with E-state index >= 15 is 0 Å². The van der Waals surface area contributed by atoms with Crippen molar-refractivity contribution in [3.63, 3.8) is 0 Å². The highest BCUT2D eigenvalue weighted by molar-refractivity contribution is 9.10. The molecule has 2 N–H and O–H groups in total. The summed E-state index contributed by atoms with van der Waals surface area (Å²) in [5, 5.41) is 0. The van der Waals surface area contributed by atoms with Crippen molar-refractivity contribution >= 4 is 15.9 Å². The molecule has 1 saturated carbocycles. The summed E-state index contributed by atoms with van der Waals surface area (Å²) in [5.74, 6) is 1.60. The Labute approximate surface area is 92.3 Å². The first-order valence-electron chi connectivity index (χ1n) is 4.93. The van der Waals surface area contributed by atoms with Gasteiger partial charge in [-0.2, -0.15) is 0 Å². The molecule has 0 saturated heterocycles. The van der Waals surface area contributed by atoms with Gasteiger partial charge in [0.15, 0.2) is 0 Å². The van der Waals surface area contributed by atoms with Gasteiger partial charge in [-0.3, -0.25) is 0 Å². The van der Waals surface area contributed by atoms with E-state index in [4.69, 9.17) is 5.73 Å². The van der Waals surface area contributed by atoms with Gasteiger partial charge in [0.05, 0.1) is 10.2 Å². The number of nitrogens with zero attached hydrogens (tertiary/aromatic N) is 2. The van der Waals surface area contributed by atoms with Gasteiger partial charge in [0.1, 0.15) is 5.82 Å². The number of halogens is 1. The first kappa shape index (κ1) is 10.1. The minimum Gasteiger partial charge on any atom is -0.328 e. The van der Waals surface area contributed by atoms with Crippen molar-refractivity contribution in [2.75, 3.05) is 0 Å². The molecule has 0 amide bonds. The quantitative estimate of drug-likeness (QED) is 0.899. The van der Waals surface area contributed by atoms with E-state index in [0.29, 0.717) is 5.92 Å². The highest BCUT2D eigenvalue weighted by Gasteiger charge is 2.27. The summed E-state index contributed by atoms with van der Waals surface area (Å²) in [7, 11) is 0. The van der Waals surface area contributed by atoms with E-state index in [1.54, 1.807) is 0 Å². The van der Waals surface area contributed by atoms with E-state index in [1.807, 2.05) is 13.1 Å². The molecule has 0 aliphatic heterocycles.